The molecule has 2 aromatic heterocycles. The van der Waals surface area contributed by atoms with Gasteiger partial charge in [-0.2, -0.15) is 4.98 Å². The molecule has 1 aliphatic rings. The first-order valence-electron chi connectivity index (χ1n) is 11.7. The van der Waals surface area contributed by atoms with Gasteiger partial charge in [0.25, 0.3) is 11.7 Å². The molecule has 1 aromatic carbocycles. The SMILES string of the molecule is Cc1cc(C)n2nc(SCc3ccccc3C(=O)NC(C)CN3CC(C)CC(C)C3)nc2n1. The van der Waals surface area contributed by atoms with Crippen molar-refractivity contribution in [3.05, 3.63) is 52.8 Å². The van der Waals surface area contributed by atoms with Crippen molar-refractivity contribution < 1.29 is 4.79 Å². The molecule has 0 spiro atoms. The molecule has 0 bridgehead atoms. The highest BCUT2D eigenvalue weighted by Gasteiger charge is 2.24. The van der Waals surface area contributed by atoms with Crippen molar-refractivity contribution in [3.63, 3.8) is 0 Å². The van der Waals surface area contributed by atoms with Crippen molar-refractivity contribution in [3.8, 4) is 0 Å². The highest BCUT2D eigenvalue weighted by atomic mass is 32.2. The number of hydrogen-bond donors (Lipinski definition) is 1. The number of piperidine rings is 1. The number of aromatic nitrogens is 4. The average Bonchev–Trinajstić information content (AvgIpc) is 3.14. The predicted octanol–water partition coefficient (Wildman–Crippen LogP) is 4.13. The molecule has 3 aromatic rings. The Balaban J connectivity index is 1.39. The maximum atomic E-state index is 13.1. The van der Waals surface area contributed by atoms with Crippen molar-refractivity contribution in [2.45, 2.75) is 58.0 Å². The molecule has 8 heteroatoms. The molecule has 3 unspecified atom stereocenters. The number of nitrogens with one attached hydrogen (secondary N) is 1. The molecule has 0 radical (unpaired) electrons. The molecule has 33 heavy (non-hydrogen) atoms. The van der Waals surface area contributed by atoms with Gasteiger partial charge in [-0.3, -0.25) is 4.79 Å². The number of amides is 1. The van der Waals surface area contributed by atoms with Gasteiger partial charge < -0.3 is 10.2 Å². The van der Waals surface area contributed by atoms with E-state index in [1.807, 2.05) is 44.2 Å². The molecule has 176 valence electrons. The summed E-state index contributed by atoms with van der Waals surface area (Å²) in [7, 11) is 0. The first kappa shape index (κ1) is 23.7. The van der Waals surface area contributed by atoms with Crippen LogP contribution >= 0.6 is 11.8 Å². The van der Waals surface area contributed by atoms with Crippen molar-refractivity contribution >= 4 is 23.4 Å². The van der Waals surface area contributed by atoms with Crippen LogP contribution in [0.15, 0.2) is 35.5 Å². The fourth-order valence-electron chi connectivity index (χ4n) is 4.89. The summed E-state index contributed by atoms with van der Waals surface area (Å²) in [4.78, 5) is 24.6. The number of carbonyl (C=O) groups excluding carboxylic acids is 1. The van der Waals surface area contributed by atoms with Crippen LogP contribution in [0.25, 0.3) is 5.78 Å². The lowest BCUT2D eigenvalue weighted by Crippen LogP contribution is -2.47. The predicted molar refractivity (Wildman–Crippen MR) is 133 cm³/mol. The van der Waals surface area contributed by atoms with E-state index < -0.39 is 0 Å². The standard InChI is InChI=1S/C25H34N6OS/c1-16-10-17(2)13-30(12-16)14-19(4)26-23(32)22-9-7-6-8-21(22)15-33-25-28-24-27-18(3)11-20(5)31(24)29-25/h6-9,11,16-17,19H,10,12-15H2,1-5H3,(H,26,32). The van der Waals surface area contributed by atoms with Gasteiger partial charge in [0.05, 0.1) is 0 Å². The Kier molecular flexibility index (Phi) is 7.34. The number of nitrogens with zero attached hydrogens (tertiary/aromatic N) is 5. The molecular weight excluding hydrogens is 432 g/mol. The lowest BCUT2D eigenvalue weighted by atomic mass is 9.92. The summed E-state index contributed by atoms with van der Waals surface area (Å²) >= 11 is 1.52. The maximum absolute atomic E-state index is 13.1. The Bertz CT molecular complexity index is 1120. The van der Waals surface area contributed by atoms with Gasteiger partial charge in [0, 0.05) is 48.4 Å². The van der Waals surface area contributed by atoms with Crippen LogP contribution < -0.4 is 5.32 Å². The summed E-state index contributed by atoms with van der Waals surface area (Å²) < 4.78 is 1.76. The Labute approximate surface area is 200 Å². The van der Waals surface area contributed by atoms with Gasteiger partial charge >= 0.3 is 0 Å². The monoisotopic (exact) mass is 466 g/mol. The van der Waals surface area contributed by atoms with Crippen molar-refractivity contribution in [2.24, 2.45) is 11.8 Å². The zero-order valence-electron chi connectivity index (χ0n) is 20.2. The first-order chi connectivity index (χ1) is 15.8. The molecule has 0 aliphatic carbocycles. The summed E-state index contributed by atoms with van der Waals surface area (Å²) in [5, 5.41) is 8.44. The minimum atomic E-state index is -0.0205. The molecule has 1 amide bonds. The minimum Gasteiger partial charge on any atom is -0.348 e. The van der Waals surface area contributed by atoms with Crippen LogP contribution in [0.1, 0.15) is 54.5 Å². The molecule has 3 heterocycles. The van der Waals surface area contributed by atoms with E-state index in [0.717, 1.165) is 36.6 Å². The van der Waals surface area contributed by atoms with E-state index in [-0.39, 0.29) is 11.9 Å². The highest BCUT2D eigenvalue weighted by Crippen LogP contribution is 2.23. The molecule has 0 saturated carbocycles. The summed E-state index contributed by atoms with van der Waals surface area (Å²) in [6, 6.07) is 9.87. The second kappa shape index (κ2) is 10.2. The van der Waals surface area contributed by atoms with Crippen LogP contribution in [0.4, 0.5) is 0 Å². The molecule has 1 aliphatic heterocycles. The van der Waals surface area contributed by atoms with E-state index in [9.17, 15) is 4.79 Å². The summed E-state index contributed by atoms with van der Waals surface area (Å²) in [6.45, 7) is 13.8. The van der Waals surface area contributed by atoms with E-state index in [4.69, 9.17) is 0 Å². The normalized spacial score (nSPS) is 20.2. The maximum Gasteiger partial charge on any atom is 0.253 e. The second-order valence-corrected chi connectivity index (χ2v) is 10.6. The molecule has 3 atom stereocenters. The van der Waals surface area contributed by atoms with Gasteiger partial charge in [-0.15, -0.1) is 5.10 Å². The topological polar surface area (TPSA) is 75.4 Å². The third kappa shape index (κ3) is 5.92. The lowest BCUT2D eigenvalue weighted by Gasteiger charge is -2.36. The Hall–Kier alpha value is -2.45. The number of hydrogen-bond acceptors (Lipinski definition) is 6. The van der Waals surface area contributed by atoms with Crippen LogP contribution in [0.2, 0.25) is 0 Å². The van der Waals surface area contributed by atoms with Crippen LogP contribution in [0.5, 0.6) is 0 Å². The van der Waals surface area contributed by atoms with Crippen molar-refractivity contribution in [1.82, 2.24) is 29.8 Å². The fraction of sp³-hybridized carbons (Fsp3) is 0.520. The van der Waals surface area contributed by atoms with E-state index in [1.54, 1.807) is 4.52 Å². The Morgan fingerprint density at radius 3 is 2.67 bits per heavy atom. The van der Waals surface area contributed by atoms with E-state index in [1.165, 1.54) is 18.2 Å². The second-order valence-electron chi connectivity index (χ2n) is 9.63. The Morgan fingerprint density at radius 2 is 1.91 bits per heavy atom. The van der Waals surface area contributed by atoms with Crippen molar-refractivity contribution in [2.75, 3.05) is 19.6 Å². The first-order valence-corrected chi connectivity index (χ1v) is 12.7. The van der Waals surface area contributed by atoms with Crippen LogP contribution in [0, 0.1) is 25.7 Å². The third-order valence-electron chi connectivity index (χ3n) is 6.07. The van der Waals surface area contributed by atoms with Crippen LogP contribution in [-0.4, -0.2) is 56.1 Å². The molecular formula is C25H34N6OS. The fourth-order valence-corrected chi connectivity index (χ4v) is 5.72. The quantitative estimate of drug-likeness (QED) is 0.528. The Morgan fingerprint density at radius 1 is 1.18 bits per heavy atom. The highest BCUT2D eigenvalue weighted by molar-refractivity contribution is 7.98. The number of fused-ring (bicyclic) bond motifs is 1. The van der Waals surface area contributed by atoms with E-state index in [2.05, 4.69) is 46.1 Å². The summed E-state index contributed by atoms with van der Waals surface area (Å²) in [5.74, 6) is 2.63. The molecule has 7 nitrogen and oxygen atoms in total. The molecule has 1 N–H and O–H groups in total. The summed E-state index contributed by atoms with van der Waals surface area (Å²) in [5.41, 5.74) is 3.62. The number of likely N-dealkylation sites (tertiary alicyclic amines) is 1. The van der Waals surface area contributed by atoms with Gasteiger partial charge in [0.15, 0.2) is 0 Å². The number of benzene rings is 1. The van der Waals surface area contributed by atoms with E-state index in [0.29, 0.717) is 34.1 Å². The van der Waals surface area contributed by atoms with Gasteiger partial charge in [0.1, 0.15) is 0 Å². The van der Waals surface area contributed by atoms with Crippen molar-refractivity contribution in [1.29, 1.82) is 0 Å². The number of carbonyl (C=O) groups is 1. The lowest BCUT2D eigenvalue weighted by molar-refractivity contribution is 0.0904. The van der Waals surface area contributed by atoms with Crippen LogP contribution in [0.3, 0.4) is 0 Å². The van der Waals surface area contributed by atoms with Gasteiger partial charge in [0.2, 0.25) is 5.16 Å². The molecule has 1 fully saturated rings. The third-order valence-corrected chi connectivity index (χ3v) is 6.96. The average molecular weight is 467 g/mol. The number of aryl methyl sites for hydroxylation is 2. The largest absolute Gasteiger partial charge is 0.348 e. The number of thioether (sulfide) groups is 1. The van der Waals surface area contributed by atoms with E-state index >= 15 is 0 Å². The smallest absolute Gasteiger partial charge is 0.253 e. The van der Waals surface area contributed by atoms with Crippen LogP contribution in [-0.2, 0) is 5.75 Å². The summed E-state index contributed by atoms with van der Waals surface area (Å²) in [6.07, 6.45) is 1.29. The zero-order chi connectivity index (χ0) is 23.5. The van der Waals surface area contributed by atoms with Gasteiger partial charge in [-0.25, -0.2) is 9.50 Å². The van der Waals surface area contributed by atoms with Gasteiger partial charge in [-0.05, 0) is 56.7 Å². The molecule has 4 rings (SSSR count). The van der Waals surface area contributed by atoms with Gasteiger partial charge in [-0.1, -0.05) is 43.8 Å². The number of rotatable bonds is 7. The zero-order valence-corrected chi connectivity index (χ0v) is 21.0. The minimum absolute atomic E-state index is 0.0205. The molecule has 1 saturated heterocycles.